The van der Waals surface area contributed by atoms with Crippen LogP contribution >= 0.6 is 0 Å². The van der Waals surface area contributed by atoms with E-state index in [9.17, 15) is 0 Å². The van der Waals surface area contributed by atoms with Crippen molar-refractivity contribution >= 4 is 0 Å². The van der Waals surface area contributed by atoms with Gasteiger partial charge in [0.1, 0.15) is 0 Å². The average molecular weight is 191 g/mol. The molecule has 2 aliphatic rings. The van der Waals surface area contributed by atoms with Gasteiger partial charge in [-0.15, -0.1) is 0 Å². The summed E-state index contributed by atoms with van der Waals surface area (Å²) in [7, 11) is 0. The van der Waals surface area contributed by atoms with Crippen LogP contribution in [0.15, 0.2) is 24.5 Å². The van der Waals surface area contributed by atoms with Gasteiger partial charge in [-0.25, -0.2) is 0 Å². The van der Waals surface area contributed by atoms with Crippen molar-refractivity contribution < 1.29 is 0 Å². The molecule has 3 nitrogen and oxygen atoms in total. The van der Waals surface area contributed by atoms with Gasteiger partial charge >= 0.3 is 0 Å². The summed E-state index contributed by atoms with van der Waals surface area (Å²) in [6.45, 7) is 2.51. The van der Waals surface area contributed by atoms with E-state index in [2.05, 4.69) is 39.5 Å². The van der Waals surface area contributed by atoms with Crippen LogP contribution in [0.25, 0.3) is 0 Å². The van der Waals surface area contributed by atoms with Crippen molar-refractivity contribution in [1.29, 1.82) is 0 Å². The van der Waals surface area contributed by atoms with Gasteiger partial charge in [-0.3, -0.25) is 9.58 Å². The number of likely N-dealkylation sites (tertiary alicyclic amines) is 1. The summed E-state index contributed by atoms with van der Waals surface area (Å²) in [4.78, 5) is 2.63. The molecule has 0 bridgehead atoms. The number of nitrogens with zero attached hydrogens (tertiary/aromatic N) is 2. The Hall–Kier alpha value is -0.960. The van der Waals surface area contributed by atoms with E-state index in [0.717, 1.165) is 6.04 Å². The van der Waals surface area contributed by atoms with Crippen molar-refractivity contribution in [2.75, 3.05) is 18.5 Å². The van der Waals surface area contributed by atoms with Crippen LogP contribution < -0.4 is 5.43 Å². The number of hydrogen-bond acceptors (Lipinski definition) is 2. The second kappa shape index (κ2) is 3.31. The zero-order chi connectivity index (χ0) is 9.38. The van der Waals surface area contributed by atoms with Crippen molar-refractivity contribution in [3.8, 4) is 0 Å². The average Bonchev–Trinajstić information content (AvgIpc) is 2.75. The van der Waals surface area contributed by atoms with Crippen molar-refractivity contribution in [2.24, 2.45) is 0 Å². The molecule has 1 unspecified atom stereocenters. The molecule has 0 radical (unpaired) electrons. The first-order valence-electron chi connectivity index (χ1n) is 5.55. The first-order chi connectivity index (χ1) is 6.92. The molecule has 1 aromatic heterocycles. The molecule has 0 aromatic carbocycles. The highest BCUT2D eigenvalue weighted by atomic mass is 15.4. The van der Waals surface area contributed by atoms with Gasteiger partial charge in [0.25, 0.3) is 0 Å². The topological polar surface area (TPSA) is 20.2 Å². The predicted molar refractivity (Wildman–Crippen MR) is 56.8 cm³/mol. The van der Waals surface area contributed by atoms with E-state index in [1.807, 2.05) is 0 Å². The maximum absolute atomic E-state index is 3.51. The Morgan fingerprint density at radius 2 is 1.86 bits per heavy atom. The standard InChI is InChI=1S/C11H17N3/c1-2-7-14(6-1)12-10-5-8-13(9-10)11-3-4-11/h1-2,6-7,10-12H,3-5,8-9H2. The van der Waals surface area contributed by atoms with Crippen molar-refractivity contribution in [2.45, 2.75) is 31.3 Å². The lowest BCUT2D eigenvalue weighted by molar-refractivity contribution is 0.324. The Kier molecular flexibility index (Phi) is 1.98. The van der Waals surface area contributed by atoms with Crippen LogP contribution in [0.2, 0.25) is 0 Å². The highest BCUT2D eigenvalue weighted by Crippen LogP contribution is 2.29. The van der Waals surface area contributed by atoms with Gasteiger partial charge in [0.15, 0.2) is 0 Å². The second-order valence-electron chi connectivity index (χ2n) is 4.43. The minimum absolute atomic E-state index is 0.642. The Labute approximate surface area is 84.7 Å². The van der Waals surface area contributed by atoms with E-state index in [1.165, 1.54) is 32.4 Å². The van der Waals surface area contributed by atoms with Gasteiger partial charge in [0, 0.05) is 31.5 Å². The van der Waals surface area contributed by atoms with Gasteiger partial charge in [0.2, 0.25) is 0 Å². The molecule has 1 saturated heterocycles. The molecule has 1 aliphatic carbocycles. The molecule has 1 atom stereocenters. The zero-order valence-electron chi connectivity index (χ0n) is 8.39. The number of nitrogens with one attached hydrogen (secondary N) is 1. The van der Waals surface area contributed by atoms with Crippen LogP contribution in [0.5, 0.6) is 0 Å². The van der Waals surface area contributed by atoms with Crippen LogP contribution in [0.3, 0.4) is 0 Å². The summed E-state index contributed by atoms with van der Waals surface area (Å²) >= 11 is 0. The summed E-state index contributed by atoms with van der Waals surface area (Å²) < 4.78 is 2.07. The summed E-state index contributed by atoms with van der Waals surface area (Å²) in [6, 6.07) is 5.68. The van der Waals surface area contributed by atoms with E-state index < -0.39 is 0 Å². The van der Waals surface area contributed by atoms with Crippen LogP contribution in [-0.2, 0) is 0 Å². The molecule has 0 amide bonds. The third kappa shape index (κ3) is 1.64. The molecule has 2 fully saturated rings. The van der Waals surface area contributed by atoms with Gasteiger partial charge in [-0.1, -0.05) is 0 Å². The molecule has 1 aliphatic heterocycles. The normalized spacial score (nSPS) is 28.1. The fraction of sp³-hybridized carbons (Fsp3) is 0.636. The van der Waals surface area contributed by atoms with Crippen LogP contribution in [0.1, 0.15) is 19.3 Å². The lowest BCUT2D eigenvalue weighted by atomic mass is 10.3. The molecular weight excluding hydrogens is 174 g/mol. The molecule has 1 saturated carbocycles. The Morgan fingerprint density at radius 1 is 1.07 bits per heavy atom. The zero-order valence-corrected chi connectivity index (χ0v) is 8.39. The highest BCUT2D eigenvalue weighted by molar-refractivity contribution is 5.00. The Balaban J connectivity index is 1.55. The van der Waals surface area contributed by atoms with Crippen molar-refractivity contribution in [3.63, 3.8) is 0 Å². The molecule has 1 aromatic rings. The fourth-order valence-electron chi connectivity index (χ4n) is 2.30. The first kappa shape index (κ1) is 8.36. The van der Waals surface area contributed by atoms with E-state index >= 15 is 0 Å². The summed E-state index contributed by atoms with van der Waals surface area (Å²) in [6.07, 6.45) is 8.28. The third-order valence-electron chi connectivity index (χ3n) is 3.22. The third-order valence-corrected chi connectivity index (χ3v) is 3.22. The molecule has 0 spiro atoms. The molecule has 1 N–H and O–H groups in total. The summed E-state index contributed by atoms with van der Waals surface area (Å²) in [5.74, 6) is 0. The minimum atomic E-state index is 0.642. The monoisotopic (exact) mass is 191 g/mol. The molecule has 14 heavy (non-hydrogen) atoms. The van der Waals surface area contributed by atoms with Gasteiger partial charge in [-0.05, 0) is 31.4 Å². The molecule has 3 heteroatoms. The molecule has 76 valence electrons. The van der Waals surface area contributed by atoms with Crippen LogP contribution in [0, 0.1) is 0 Å². The Bertz CT molecular complexity index is 289. The molecule has 3 rings (SSSR count). The predicted octanol–water partition coefficient (Wildman–Crippen LogP) is 1.27. The van der Waals surface area contributed by atoms with E-state index in [4.69, 9.17) is 0 Å². The largest absolute Gasteiger partial charge is 0.322 e. The van der Waals surface area contributed by atoms with Crippen molar-refractivity contribution in [1.82, 2.24) is 9.58 Å². The highest BCUT2D eigenvalue weighted by Gasteiger charge is 2.34. The van der Waals surface area contributed by atoms with Crippen LogP contribution in [0.4, 0.5) is 0 Å². The van der Waals surface area contributed by atoms with Gasteiger partial charge < -0.3 is 5.43 Å². The SMILES string of the molecule is c1ccn(NC2CCN(C3CC3)C2)c1. The first-order valence-corrected chi connectivity index (χ1v) is 5.55. The van der Waals surface area contributed by atoms with Gasteiger partial charge in [-0.2, -0.15) is 0 Å². The maximum atomic E-state index is 3.51. The van der Waals surface area contributed by atoms with Crippen LogP contribution in [-0.4, -0.2) is 34.7 Å². The van der Waals surface area contributed by atoms with Gasteiger partial charge in [0.05, 0.1) is 6.04 Å². The lowest BCUT2D eigenvalue weighted by Gasteiger charge is -2.17. The second-order valence-corrected chi connectivity index (χ2v) is 4.43. The molecule has 2 heterocycles. The number of hydrogen-bond donors (Lipinski definition) is 1. The van der Waals surface area contributed by atoms with E-state index in [1.54, 1.807) is 0 Å². The summed E-state index contributed by atoms with van der Waals surface area (Å²) in [5.41, 5.74) is 3.51. The van der Waals surface area contributed by atoms with E-state index in [0.29, 0.717) is 6.04 Å². The molecular formula is C11H17N3. The maximum Gasteiger partial charge on any atom is 0.0563 e. The minimum Gasteiger partial charge on any atom is -0.322 e. The smallest absolute Gasteiger partial charge is 0.0563 e. The summed E-state index contributed by atoms with van der Waals surface area (Å²) in [5, 5.41) is 0. The number of aromatic nitrogens is 1. The van der Waals surface area contributed by atoms with Crippen molar-refractivity contribution in [3.05, 3.63) is 24.5 Å². The fourth-order valence-corrected chi connectivity index (χ4v) is 2.30. The van der Waals surface area contributed by atoms with E-state index in [-0.39, 0.29) is 0 Å². The lowest BCUT2D eigenvalue weighted by Crippen LogP contribution is -2.31. The quantitative estimate of drug-likeness (QED) is 0.776. The number of rotatable bonds is 3. The Morgan fingerprint density at radius 3 is 2.57 bits per heavy atom.